The SMILES string of the molecule is Cc1cc(C(=O)O[C@H]2[C@H](O)[C@@H](CO)OC(O)[C@@H]2O)ccc1N1C(=O)CSC1c1ccc(F)cc1. The van der Waals surface area contributed by atoms with E-state index in [-0.39, 0.29) is 28.4 Å². The molecule has 2 unspecified atom stereocenters. The van der Waals surface area contributed by atoms with Gasteiger partial charge in [0.2, 0.25) is 5.91 Å². The van der Waals surface area contributed by atoms with Crippen molar-refractivity contribution >= 4 is 29.3 Å². The van der Waals surface area contributed by atoms with Gasteiger partial charge in [-0.25, -0.2) is 9.18 Å². The van der Waals surface area contributed by atoms with Gasteiger partial charge in [-0.15, -0.1) is 11.8 Å². The van der Waals surface area contributed by atoms with E-state index in [1.165, 1.54) is 36.0 Å². The van der Waals surface area contributed by atoms with Crippen LogP contribution >= 0.6 is 11.8 Å². The van der Waals surface area contributed by atoms with Crippen molar-refractivity contribution in [3.05, 3.63) is 65.0 Å². The van der Waals surface area contributed by atoms with Gasteiger partial charge in [0, 0.05) is 5.69 Å². The van der Waals surface area contributed by atoms with Crippen molar-refractivity contribution in [2.45, 2.75) is 43.0 Å². The lowest BCUT2D eigenvalue weighted by atomic mass is 9.99. The minimum Gasteiger partial charge on any atom is -0.453 e. The van der Waals surface area contributed by atoms with Crippen molar-refractivity contribution in [3.8, 4) is 0 Å². The second-order valence-electron chi connectivity index (χ2n) is 8.08. The summed E-state index contributed by atoms with van der Waals surface area (Å²) >= 11 is 1.41. The Bertz CT molecular complexity index is 1070. The Morgan fingerprint density at radius 1 is 1.18 bits per heavy atom. The molecule has 2 aliphatic rings. The van der Waals surface area contributed by atoms with E-state index in [0.29, 0.717) is 11.3 Å². The molecule has 0 bridgehead atoms. The van der Waals surface area contributed by atoms with Crippen LogP contribution in [0.5, 0.6) is 0 Å². The van der Waals surface area contributed by atoms with E-state index in [9.17, 15) is 34.4 Å². The number of hydrogen-bond acceptors (Lipinski definition) is 9. The number of aliphatic hydroxyl groups is 4. The maximum Gasteiger partial charge on any atom is 0.338 e. The Labute approximate surface area is 198 Å². The quantitative estimate of drug-likeness (QED) is 0.447. The zero-order valence-corrected chi connectivity index (χ0v) is 18.9. The standard InChI is InChI=1S/C23H24FNO8S/c1-11-8-13(22(30)33-20-18(28)16(9-26)32-23(31)19(20)29)4-7-15(11)25-17(27)10-34-21(25)12-2-5-14(24)6-3-12/h2-8,16,18-21,23,26,28-29,31H,9-10H2,1H3/t16-,18-,19-,20+,21?,23?/m1/s1. The number of carbonyl (C=O) groups excluding carboxylic acids is 2. The highest BCUT2D eigenvalue weighted by molar-refractivity contribution is 8.00. The minimum atomic E-state index is -1.75. The summed E-state index contributed by atoms with van der Waals surface area (Å²) in [6.07, 6.45) is -7.76. The first kappa shape index (κ1) is 24.6. The molecule has 0 aromatic heterocycles. The molecule has 2 aromatic rings. The second kappa shape index (κ2) is 9.98. The lowest BCUT2D eigenvalue weighted by molar-refractivity contribution is -0.285. The van der Waals surface area contributed by atoms with Crippen molar-refractivity contribution in [2.75, 3.05) is 17.3 Å². The van der Waals surface area contributed by atoms with Gasteiger partial charge in [-0.1, -0.05) is 12.1 Å². The third-order valence-corrected chi connectivity index (χ3v) is 7.01. The number of aliphatic hydroxyl groups excluding tert-OH is 4. The van der Waals surface area contributed by atoms with Gasteiger partial charge in [-0.05, 0) is 48.4 Å². The van der Waals surface area contributed by atoms with Gasteiger partial charge in [0.1, 0.15) is 29.5 Å². The van der Waals surface area contributed by atoms with Gasteiger partial charge in [-0.3, -0.25) is 9.69 Å². The van der Waals surface area contributed by atoms with E-state index in [4.69, 9.17) is 9.47 Å². The molecule has 0 radical (unpaired) electrons. The number of halogens is 1. The number of amides is 1. The number of hydrogen-bond donors (Lipinski definition) is 4. The molecule has 2 saturated heterocycles. The molecule has 2 aromatic carbocycles. The smallest absolute Gasteiger partial charge is 0.338 e. The summed E-state index contributed by atoms with van der Waals surface area (Å²) in [6.45, 7) is 1.07. The molecule has 0 aliphatic carbocycles. The molecule has 2 heterocycles. The molecule has 4 rings (SSSR count). The summed E-state index contributed by atoms with van der Waals surface area (Å²) in [4.78, 5) is 27.0. The highest BCUT2D eigenvalue weighted by atomic mass is 32.2. The monoisotopic (exact) mass is 493 g/mol. The summed E-state index contributed by atoms with van der Waals surface area (Å²) in [6, 6.07) is 10.5. The van der Waals surface area contributed by atoms with E-state index in [1.54, 1.807) is 30.0 Å². The van der Waals surface area contributed by atoms with Crippen LogP contribution in [0.25, 0.3) is 0 Å². The Morgan fingerprint density at radius 3 is 2.53 bits per heavy atom. The number of thioether (sulfide) groups is 1. The van der Waals surface area contributed by atoms with Gasteiger partial charge >= 0.3 is 5.97 Å². The van der Waals surface area contributed by atoms with Gasteiger partial charge in [0.15, 0.2) is 12.4 Å². The Kier molecular flexibility index (Phi) is 7.22. The van der Waals surface area contributed by atoms with Gasteiger partial charge in [0.05, 0.1) is 17.9 Å². The molecule has 0 spiro atoms. The summed E-state index contributed by atoms with van der Waals surface area (Å²) in [5, 5.41) is 39.0. The molecule has 4 N–H and O–H groups in total. The zero-order chi connectivity index (χ0) is 24.6. The molecule has 1 amide bonds. The third kappa shape index (κ3) is 4.67. The Balaban J connectivity index is 1.55. The number of esters is 1. The van der Waals surface area contributed by atoms with E-state index >= 15 is 0 Å². The number of aryl methyl sites for hydroxylation is 1. The molecule has 9 nitrogen and oxygen atoms in total. The first-order valence-electron chi connectivity index (χ1n) is 10.5. The topological polar surface area (TPSA) is 137 Å². The minimum absolute atomic E-state index is 0.0970. The predicted octanol–water partition coefficient (Wildman–Crippen LogP) is 0.869. The summed E-state index contributed by atoms with van der Waals surface area (Å²) < 4.78 is 23.5. The van der Waals surface area contributed by atoms with Gasteiger partial charge < -0.3 is 29.9 Å². The fourth-order valence-electron chi connectivity index (χ4n) is 4.01. The van der Waals surface area contributed by atoms with Crippen molar-refractivity contribution in [3.63, 3.8) is 0 Å². The molecule has 2 aliphatic heterocycles. The van der Waals surface area contributed by atoms with Crippen LogP contribution in [0, 0.1) is 12.7 Å². The third-order valence-electron chi connectivity index (χ3n) is 5.80. The van der Waals surface area contributed by atoms with Crippen LogP contribution in [0.1, 0.15) is 26.9 Å². The Hall–Kier alpha value is -2.54. The lowest BCUT2D eigenvalue weighted by Crippen LogP contribution is -2.59. The number of anilines is 1. The molecular formula is C23H24FNO8S. The first-order valence-corrected chi connectivity index (χ1v) is 11.6. The molecule has 11 heteroatoms. The molecule has 34 heavy (non-hydrogen) atoms. The fraction of sp³-hybridized carbons (Fsp3) is 0.391. The van der Waals surface area contributed by atoms with E-state index < -0.39 is 43.3 Å². The maximum atomic E-state index is 13.3. The van der Waals surface area contributed by atoms with Crippen molar-refractivity contribution in [1.29, 1.82) is 0 Å². The van der Waals surface area contributed by atoms with Crippen LogP contribution < -0.4 is 4.90 Å². The number of rotatable bonds is 5. The lowest BCUT2D eigenvalue weighted by Gasteiger charge is -2.39. The molecular weight excluding hydrogens is 469 g/mol. The average Bonchev–Trinajstić information content (AvgIpc) is 3.20. The van der Waals surface area contributed by atoms with Gasteiger partial charge in [-0.2, -0.15) is 0 Å². The van der Waals surface area contributed by atoms with Crippen molar-refractivity contribution in [2.24, 2.45) is 0 Å². The first-order chi connectivity index (χ1) is 16.2. The number of benzene rings is 2. The highest BCUT2D eigenvalue weighted by Gasteiger charge is 2.46. The summed E-state index contributed by atoms with van der Waals surface area (Å²) in [5.41, 5.74) is 2.03. The summed E-state index contributed by atoms with van der Waals surface area (Å²) in [7, 11) is 0. The van der Waals surface area contributed by atoms with Crippen molar-refractivity contribution < 1.29 is 43.9 Å². The second-order valence-corrected chi connectivity index (χ2v) is 9.15. The molecule has 6 atom stereocenters. The number of ether oxygens (including phenoxy) is 2. The van der Waals surface area contributed by atoms with Crippen LogP contribution in [-0.4, -0.2) is 75.4 Å². The van der Waals surface area contributed by atoms with Crippen LogP contribution in [0.2, 0.25) is 0 Å². The van der Waals surface area contributed by atoms with Gasteiger partial charge in [0.25, 0.3) is 0 Å². The molecule has 2 fully saturated rings. The van der Waals surface area contributed by atoms with Crippen LogP contribution in [0.15, 0.2) is 42.5 Å². The highest BCUT2D eigenvalue weighted by Crippen LogP contribution is 2.43. The molecule has 182 valence electrons. The van der Waals surface area contributed by atoms with E-state index in [0.717, 1.165) is 5.56 Å². The number of nitrogens with zero attached hydrogens (tertiary/aromatic N) is 1. The fourth-order valence-corrected chi connectivity index (χ4v) is 5.18. The normalized spacial score (nSPS) is 29.4. The predicted molar refractivity (Wildman–Crippen MR) is 119 cm³/mol. The largest absolute Gasteiger partial charge is 0.453 e. The zero-order valence-electron chi connectivity index (χ0n) is 18.1. The van der Waals surface area contributed by atoms with Crippen LogP contribution in [0.4, 0.5) is 10.1 Å². The molecule has 0 saturated carbocycles. The Morgan fingerprint density at radius 2 is 1.88 bits per heavy atom. The van der Waals surface area contributed by atoms with E-state index in [2.05, 4.69) is 0 Å². The maximum absolute atomic E-state index is 13.3. The summed E-state index contributed by atoms with van der Waals surface area (Å²) in [5.74, 6) is -1.13. The average molecular weight is 494 g/mol. The van der Waals surface area contributed by atoms with E-state index in [1.807, 2.05) is 0 Å². The van der Waals surface area contributed by atoms with Crippen molar-refractivity contribution in [1.82, 2.24) is 0 Å². The number of carbonyl (C=O) groups is 2. The van der Waals surface area contributed by atoms with Crippen LogP contribution in [0.3, 0.4) is 0 Å². The van der Waals surface area contributed by atoms with Crippen LogP contribution in [-0.2, 0) is 14.3 Å².